The first kappa shape index (κ1) is 9.31. The second-order valence-corrected chi connectivity index (χ2v) is 2.87. The van der Waals surface area contributed by atoms with E-state index in [1.807, 2.05) is 0 Å². The summed E-state index contributed by atoms with van der Waals surface area (Å²) >= 11 is 0. The predicted molar refractivity (Wildman–Crippen MR) is 44.1 cm³/mol. The highest BCUT2D eigenvalue weighted by Crippen LogP contribution is 2.20. The van der Waals surface area contributed by atoms with E-state index in [2.05, 4.69) is 13.8 Å². The van der Waals surface area contributed by atoms with Crippen LogP contribution >= 0.6 is 13.5 Å². The van der Waals surface area contributed by atoms with E-state index >= 15 is 0 Å². The zero-order valence-electron chi connectivity index (χ0n) is 6.18. The van der Waals surface area contributed by atoms with Crippen LogP contribution in [0.1, 0.15) is 20.3 Å². The molecule has 0 aromatic carbocycles. The largest absolute Gasteiger partial charge is 0.381 e. The van der Waals surface area contributed by atoms with E-state index in [9.17, 15) is 0 Å². The van der Waals surface area contributed by atoms with Crippen LogP contribution in [0.25, 0.3) is 0 Å². The average Bonchev–Trinajstić information content (AvgIpc) is 2.12. The van der Waals surface area contributed by atoms with Gasteiger partial charge in [-0.2, -0.15) is 13.5 Å². The third-order valence-corrected chi connectivity index (χ3v) is 1.91. The fourth-order valence-corrected chi connectivity index (χ4v) is 1.08. The van der Waals surface area contributed by atoms with Gasteiger partial charge in [-0.15, -0.1) is 0 Å². The molecule has 1 atom stereocenters. The molecule has 0 saturated carbocycles. The molecule has 0 radical (unpaired) electrons. The zero-order chi connectivity index (χ0) is 5.98. The van der Waals surface area contributed by atoms with Crippen LogP contribution in [0, 0.1) is 11.8 Å². The van der Waals surface area contributed by atoms with Crippen molar-refractivity contribution in [3.63, 3.8) is 0 Å². The molecule has 0 aliphatic carbocycles. The lowest BCUT2D eigenvalue weighted by Gasteiger charge is -2.09. The Morgan fingerprint density at radius 3 is 2.33 bits per heavy atom. The van der Waals surface area contributed by atoms with Gasteiger partial charge in [0.05, 0.1) is 0 Å². The summed E-state index contributed by atoms with van der Waals surface area (Å²) in [5, 5.41) is 0. The smallest absolute Gasteiger partial charge is 0.0497 e. The summed E-state index contributed by atoms with van der Waals surface area (Å²) in [7, 11) is 0. The first-order valence-electron chi connectivity index (χ1n) is 3.38. The van der Waals surface area contributed by atoms with E-state index in [0.717, 1.165) is 25.0 Å². The van der Waals surface area contributed by atoms with Crippen molar-refractivity contribution in [3.8, 4) is 0 Å². The van der Waals surface area contributed by atoms with Gasteiger partial charge in [0, 0.05) is 13.2 Å². The molecule has 1 rings (SSSR count). The molecule has 0 aromatic rings. The maximum Gasteiger partial charge on any atom is 0.0497 e. The van der Waals surface area contributed by atoms with Gasteiger partial charge in [0.2, 0.25) is 0 Å². The monoisotopic (exact) mass is 148 g/mol. The van der Waals surface area contributed by atoms with Gasteiger partial charge in [0.15, 0.2) is 0 Å². The van der Waals surface area contributed by atoms with Crippen LogP contribution in [-0.2, 0) is 4.74 Å². The maximum atomic E-state index is 5.22. The first-order valence-corrected chi connectivity index (χ1v) is 3.38. The van der Waals surface area contributed by atoms with E-state index < -0.39 is 0 Å². The molecule has 2 heteroatoms. The van der Waals surface area contributed by atoms with E-state index in [1.54, 1.807) is 0 Å². The van der Waals surface area contributed by atoms with E-state index in [4.69, 9.17) is 4.74 Å². The average molecular weight is 148 g/mol. The van der Waals surface area contributed by atoms with Crippen molar-refractivity contribution >= 4 is 13.5 Å². The summed E-state index contributed by atoms with van der Waals surface area (Å²) in [4.78, 5) is 0. The third-order valence-electron chi connectivity index (χ3n) is 1.91. The number of ether oxygens (including phenoxy) is 1. The van der Waals surface area contributed by atoms with Crippen LogP contribution in [0.15, 0.2) is 0 Å². The Labute approximate surface area is 64.2 Å². The Morgan fingerprint density at radius 2 is 2.11 bits per heavy atom. The van der Waals surface area contributed by atoms with Crippen LogP contribution in [0.5, 0.6) is 0 Å². The molecule has 1 fully saturated rings. The molecule has 1 saturated heterocycles. The summed E-state index contributed by atoms with van der Waals surface area (Å²) in [5.74, 6) is 1.66. The van der Waals surface area contributed by atoms with Crippen LogP contribution in [0.2, 0.25) is 0 Å². The van der Waals surface area contributed by atoms with Crippen molar-refractivity contribution < 1.29 is 4.74 Å². The van der Waals surface area contributed by atoms with Gasteiger partial charge in [-0.25, -0.2) is 0 Å². The van der Waals surface area contributed by atoms with Gasteiger partial charge in [0.1, 0.15) is 0 Å². The van der Waals surface area contributed by atoms with Gasteiger partial charge in [-0.1, -0.05) is 13.8 Å². The minimum Gasteiger partial charge on any atom is -0.381 e. The molecular formula is C7H16OS. The summed E-state index contributed by atoms with van der Waals surface area (Å²) in [5.41, 5.74) is 0. The molecular weight excluding hydrogens is 132 g/mol. The summed E-state index contributed by atoms with van der Waals surface area (Å²) in [6.07, 6.45) is 1.28. The van der Waals surface area contributed by atoms with Crippen molar-refractivity contribution in [1.82, 2.24) is 0 Å². The molecule has 1 aliphatic rings. The fraction of sp³-hybridized carbons (Fsp3) is 1.00. The maximum absolute atomic E-state index is 5.22. The van der Waals surface area contributed by atoms with Gasteiger partial charge in [0.25, 0.3) is 0 Å². The SMILES string of the molecule is CC(C)C1CCOC1.S. The minimum atomic E-state index is 0. The molecule has 0 aromatic heterocycles. The molecule has 1 heterocycles. The van der Waals surface area contributed by atoms with Gasteiger partial charge >= 0.3 is 0 Å². The van der Waals surface area contributed by atoms with E-state index in [0.29, 0.717) is 0 Å². The molecule has 0 amide bonds. The number of hydrogen-bond donors (Lipinski definition) is 0. The molecule has 1 unspecified atom stereocenters. The Balaban J connectivity index is 0.000000640. The van der Waals surface area contributed by atoms with Gasteiger partial charge in [-0.05, 0) is 18.3 Å². The lowest BCUT2D eigenvalue weighted by Crippen LogP contribution is -2.06. The number of rotatable bonds is 1. The standard InChI is InChI=1S/C7H14O.H2S/c1-6(2)7-3-4-8-5-7;/h6-7H,3-5H2,1-2H3;1H2. The zero-order valence-corrected chi connectivity index (χ0v) is 7.18. The molecule has 0 spiro atoms. The lowest BCUT2D eigenvalue weighted by molar-refractivity contribution is 0.177. The van der Waals surface area contributed by atoms with Crippen LogP contribution in [0.3, 0.4) is 0 Å². The highest BCUT2D eigenvalue weighted by Gasteiger charge is 2.17. The van der Waals surface area contributed by atoms with Crippen LogP contribution < -0.4 is 0 Å². The van der Waals surface area contributed by atoms with Crippen molar-refractivity contribution in [3.05, 3.63) is 0 Å². The second kappa shape index (κ2) is 4.18. The Bertz CT molecular complexity index is 67.3. The van der Waals surface area contributed by atoms with Crippen molar-refractivity contribution in [1.29, 1.82) is 0 Å². The quantitative estimate of drug-likeness (QED) is 0.551. The summed E-state index contributed by atoms with van der Waals surface area (Å²) in [6, 6.07) is 0. The van der Waals surface area contributed by atoms with Gasteiger partial charge in [-0.3, -0.25) is 0 Å². The molecule has 9 heavy (non-hydrogen) atoms. The molecule has 1 nitrogen and oxygen atoms in total. The Kier molecular flexibility index (Phi) is 4.32. The Hall–Kier alpha value is 0.310. The summed E-state index contributed by atoms with van der Waals surface area (Å²) in [6.45, 7) is 6.51. The highest BCUT2D eigenvalue weighted by molar-refractivity contribution is 7.59. The first-order chi connectivity index (χ1) is 3.80. The lowest BCUT2D eigenvalue weighted by atomic mass is 9.96. The Morgan fingerprint density at radius 1 is 1.44 bits per heavy atom. The molecule has 1 aliphatic heterocycles. The van der Waals surface area contributed by atoms with Crippen LogP contribution in [0.4, 0.5) is 0 Å². The van der Waals surface area contributed by atoms with Gasteiger partial charge < -0.3 is 4.74 Å². The normalized spacial score (nSPS) is 26.3. The topological polar surface area (TPSA) is 9.23 Å². The fourth-order valence-electron chi connectivity index (χ4n) is 1.08. The molecule has 56 valence electrons. The van der Waals surface area contributed by atoms with Crippen molar-refractivity contribution in [2.24, 2.45) is 11.8 Å². The number of hydrogen-bond acceptors (Lipinski definition) is 1. The summed E-state index contributed by atoms with van der Waals surface area (Å²) < 4.78 is 5.22. The van der Waals surface area contributed by atoms with Crippen molar-refractivity contribution in [2.45, 2.75) is 20.3 Å². The van der Waals surface area contributed by atoms with Crippen LogP contribution in [-0.4, -0.2) is 13.2 Å². The minimum absolute atomic E-state index is 0. The second-order valence-electron chi connectivity index (χ2n) is 2.87. The molecule has 0 bridgehead atoms. The molecule has 0 N–H and O–H groups in total. The third kappa shape index (κ3) is 2.59. The van der Waals surface area contributed by atoms with E-state index in [1.165, 1.54) is 6.42 Å². The highest BCUT2D eigenvalue weighted by atomic mass is 32.1. The van der Waals surface area contributed by atoms with Crippen molar-refractivity contribution in [2.75, 3.05) is 13.2 Å². The predicted octanol–water partition coefficient (Wildman–Crippen LogP) is 1.79. The van der Waals surface area contributed by atoms with E-state index in [-0.39, 0.29) is 13.5 Å².